The Morgan fingerprint density at radius 2 is 1.83 bits per heavy atom. The number of hydrogen-bond acceptors (Lipinski definition) is 6. The van der Waals surface area contributed by atoms with E-state index in [0.717, 1.165) is 15.6 Å². The number of hydrogen-bond donors (Lipinski definition) is 1. The number of benzene rings is 3. The molecule has 182 valence electrons. The molecule has 0 radical (unpaired) electrons. The molecule has 1 N–H and O–H groups in total. The standard InChI is InChI=1S/C27H27BrN2O5/c1-17(2)20-10-8-18(3)24(14-20)34-16-26(31)30-29-15-19-9-11-23(25(12-19)33-4)35-27(32)21-6-5-7-22(28)13-21/h5-15,17H,16H2,1-4H3,(H,30,31). The molecule has 0 spiro atoms. The summed E-state index contributed by atoms with van der Waals surface area (Å²) in [5.41, 5.74) is 5.59. The Balaban J connectivity index is 1.57. The molecular weight excluding hydrogens is 512 g/mol. The minimum atomic E-state index is -0.507. The van der Waals surface area contributed by atoms with Gasteiger partial charge in [-0.1, -0.05) is 48.0 Å². The van der Waals surface area contributed by atoms with E-state index in [-0.39, 0.29) is 18.3 Å². The second-order valence-corrected chi connectivity index (χ2v) is 8.99. The molecule has 0 aliphatic rings. The third-order valence-corrected chi connectivity index (χ3v) is 5.58. The number of nitrogens with zero attached hydrogens (tertiary/aromatic N) is 1. The monoisotopic (exact) mass is 538 g/mol. The van der Waals surface area contributed by atoms with Crippen molar-refractivity contribution in [1.82, 2.24) is 5.43 Å². The number of carbonyl (C=O) groups is 2. The largest absolute Gasteiger partial charge is 0.493 e. The first-order chi connectivity index (χ1) is 16.8. The molecule has 3 rings (SSSR count). The molecule has 0 saturated carbocycles. The van der Waals surface area contributed by atoms with Crippen molar-refractivity contribution >= 4 is 34.0 Å². The van der Waals surface area contributed by atoms with Gasteiger partial charge in [0.25, 0.3) is 5.91 Å². The average molecular weight is 539 g/mol. The summed E-state index contributed by atoms with van der Waals surface area (Å²) >= 11 is 3.34. The fraction of sp³-hybridized carbons (Fsp3) is 0.222. The van der Waals surface area contributed by atoms with E-state index in [9.17, 15) is 9.59 Å². The van der Waals surface area contributed by atoms with Crippen molar-refractivity contribution < 1.29 is 23.8 Å². The van der Waals surface area contributed by atoms with Crippen LogP contribution in [-0.2, 0) is 4.79 Å². The first kappa shape index (κ1) is 26.0. The quantitative estimate of drug-likeness (QED) is 0.165. The van der Waals surface area contributed by atoms with Gasteiger partial charge in [0.05, 0.1) is 18.9 Å². The number of esters is 1. The lowest BCUT2D eigenvalue weighted by atomic mass is 10.0. The number of aryl methyl sites for hydroxylation is 1. The molecule has 0 bridgehead atoms. The van der Waals surface area contributed by atoms with Crippen LogP contribution in [0.3, 0.4) is 0 Å². The summed E-state index contributed by atoms with van der Waals surface area (Å²) in [6.45, 7) is 5.98. The van der Waals surface area contributed by atoms with E-state index in [0.29, 0.717) is 28.5 Å². The van der Waals surface area contributed by atoms with Crippen LogP contribution >= 0.6 is 15.9 Å². The normalized spacial score (nSPS) is 10.9. The summed E-state index contributed by atoms with van der Waals surface area (Å²) in [6.07, 6.45) is 1.46. The first-order valence-corrected chi connectivity index (χ1v) is 11.8. The van der Waals surface area contributed by atoms with E-state index in [1.54, 1.807) is 36.4 Å². The van der Waals surface area contributed by atoms with Gasteiger partial charge >= 0.3 is 5.97 Å². The summed E-state index contributed by atoms with van der Waals surface area (Å²) in [5, 5.41) is 3.97. The lowest BCUT2D eigenvalue weighted by Crippen LogP contribution is -2.24. The van der Waals surface area contributed by atoms with Gasteiger partial charge in [0.15, 0.2) is 18.1 Å². The van der Waals surface area contributed by atoms with Crippen molar-refractivity contribution in [1.29, 1.82) is 0 Å². The lowest BCUT2D eigenvalue weighted by molar-refractivity contribution is -0.123. The van der Waals surface area contributed by atoms with Crippen molar-refractivity contribution in [3.05, 3.63) is 87.4 Å². The van der Waals surface area contributed by atoms with Gasteiger partial charge in [0.1, 0.15) is 5.75 Å². The van der Waals surface area contributed by atoms with Crippen LogP contribution in [0.2, 0.25) is 0 Å². The smallest absolute Gasteiger partial charge is 0.343 e. The van der Waals surface area contributed by atoms with Crippen LogP contribution in [0.25, 0.3) is 0 Å². The van der Waals surface area contributed by atoms with Gasteiger partial charge in [-0.25, -0.2) is 10.2 Å². The van der Waals surface area contributed by atoms with Crippen LogP contribution in [0, 0.1) is 6.92 Å². The number of nitrogens with one attached hydrogen (secondary N) is 1. The highest BCUT2D eigenvalue weighted by atomic mass is 79.9. The zero-order valence-electron chi connectivity index (χ0n) is 20.0. The van der Waals surface area contributed by atoms with Crippen LogP contribution in [0.4, 0.5) is 0 Å². The van der Waals surface area contributed by atoms with Crippen molar-refractivity contribution in [2.24, 2.45) is 5.10 Å². The summed E-state index contributed by atoms with van der Waals surface area (Å²) in [5.74, 6) is 0.768. The van der Waals surface area contributed by atoms with Gasteiger partial charge < -0.3 is 14.2 Å². The average Bonchev–Trinajstić information content (AvgIpc) is 2.84. The lowest BCUT2D eigenvalue weighted by Gasteiger charge is -2.12. The van der Waals surface area contributed by atoms with Gasteiger partial charge in [-0.05, 0) is 72.0 Å². The molecule has 0 atom stereocenters. The molecule has 0 heterocycles. The highest BCUT2D eigenvalue weighted by Crippen LogP contribution is 2.29. The van der Waals surface area contributed by atoms with Crippen molar-refractivity contribution in [3.63, 3.8) is 0 Å². The van der Waals surface area contributed by atoms with Crippen molar-refractivity contribution in [2.45, 2.75) is 26.7 Å². The number of hydrazone groups is 1. The molecule has 0 fully saturated rings. The maximum atomic E-state index is 12.4. The summed E-state index contributed by atoms with van der Waals surface area (Å²) in [4.78, 5) is 24.6. The molecule has 0 aromatic heterocycles. The maximum Gasteiger partial charge on any atom is 0.343 e. The minimum absolute atomic E-state index is 0.159. The Labute approximate surface area is 213 Å². The van der Waals surface area contributed by atoms with Crippen LogP contribution in [0.1, 0.15) is 46.8 Å². The fourth-order valence-corrected chi connectivity index (χ4v) is 3.51. The van der Waals surface area contributed by atoms with E-state index >= 15 is 0 Å². The maximum absolute atomic E-state index is 12.4. The number of carbonyl (C=O) groups excluding carboxylic acids is 2. The third-order valence-electron chi connectivity index (χ3n) is 5.09. The Kier molecular flexibility index (Phi) is 9.03. The SMILES string of the molecule is COc1cc(C=NNC(=O)COc2cc(C(C)C)ccc2C)ccc1OC(=O)c1cccc(Br)c1. The molecule has 0 saturated heterocycles. The second-order valence-electron chi connectivity index (χ2n) is 8.07. The molecule has 1 amide bonds. The third kappa shape index (κ3) is 7.42. The molecule has 3 aromatic rings. The minimum Gasteiger partial charge on any atom is -0.493 e. The van der Waals surface area contributed by atoms with Gasteiger partial charge in [-0.3, -0.25) is 4.79 Å². The topological polar surface area (TPSA) is 86.2 Å². The molecule has 3 aromatic carbocycles. The molecule has 35 heavy (non-hydrogen) atoms. The van der Waals surface area contributed by atoms with Gasteiger partial charge in [-0.2, -0.15) is 5.10 Å². The predicted octanol–water partition coefficient (Wildman–Crippen LogP) is 5.64. The Morgan fingerprint density at radius 3 is 2.54 bits per heavy atom. The summed E-state index contributed by atoms with van der Waals surface area (Å²) in [7, 11) is 1.47. The molecular formula is C27H27BrN2O5. The van der Waals surface area contributed by atoms with E-state index in [1.807, 2.05) is 25.1 Å². The van der Waals surface area contributed by atoms with E-state index in [2.05, 4.69) is 46.4 Å². The van der Waals surface area contributed by atoms with Crippen LogP contribution in [0.15, 0.2) is 70.2 Å². The molecule has 0 aliphatic carbocycles. The van der Waals surface area contributed by atoms with Crippen molar-refractivity contribution in [2.75, 3.05) is 13.7 Å². The highest BCUT2D eigenvalue weighted by molar-refractivity contribution is 9.10. The van der Waals surface area contributed by atoms with Gasteiger partial charge in [0, 0.05) is 4.47 Å². The number of rotatable bonds is 9. The molecule has 8 heteroatoms. The Morgan fingerprint density at radius 1 is 1.03 bits per heavy atom. The number of amides is 1. The second kappa shape index (κ2) is 12.2. The molecule has 0 aliphatic heterocycles. The Bertz CT molecular complexity index is 1240. The zero-order chi connectivity index (χ0) is 25.4. The van der Waals surface area contributed by atoms with Gasteiger partial charge in [0.2, 0.25) is 0 Å². The highest BCUT2D eigenvalue weighted by Gasteiger charge is 2.13. The number of ether oxygens (including phenoxy) is 3. The first-order valence-electron chi connectivity index (χ1n) is 11.0. The number of halogens is 1. The summed E-state index contributed by atoms with van der Waals surface area (Å²) in [6, 6.07) is 17.8. The van der Waals surface area contributed by atoms with Gasteiger partial charge in [-0.15, -0.1) is 0 Å². The van der Waals surface area contributed by atoms with E-state index in [4.69, 9.17) is 14.2 Å². The zero-order valence-corrected chi connectivity index (χ0v) is 21.6. The van der Waals surface area contributed by atoms with E-state index in [1.165, 1.54) is 13.3 Å². The predicted molar refractivity (Wildman–Crippen MR) is 139 cm³/mol. The number of methoxy groups -OCH3 is 1. The van der Waals surface area contributed by atoms with Crippen molar-refractivity contribution in [3.8, 4) is 17.2 Å². The fourth-order valence-electron chi connectivity index (χ4n) is 3.11. The van der Waals surface area contributed by atoms with Crippen LogP contribution < -0.4 is 19.6 Å². The van der Waals surface area contributed by atoms with Crippen LogP contribution in [-0.4, -0.2) is 31.8 Å². The Hall–Kier alpha value is -3.65. The summed E-state index contributed by atoms with van der Waals surface area (Å²) < 4.78 is 17.3. The van der Waals surface area contributed by atoms with E-state index < -0.39 is 5.97 Å². The molecule has 7 nitrogen and oxygen atoms in total. The van der Waals surface area contributed by atoms with Crippen LogP contribution in [0.5, 0.6) is 17.2 Å². The molecule has 0 unspecified atom stereocenters.